The fraction of sp³-hybridized carbons (Fsp3) is 0. The lowest BCUT2D eigenvalue weighted by Gasteiger charge is -1.86. The second-order valence-corrected chi connectivity index (χ2v) is 3.92. The molecule has 0 aliphatic rings. The van der Waals surface area contributed by atoms with Crippen LogP contribution < -0.4 is 4.13 Å². The Morgan fingerprint density at radius 2 is 2.12 bits per heavy atom. The van der Waals surface area contributed by atoms with Gasteiger partial charge in [-0.15, -0.1) is 4.13 Å². The first kappa shape index (κ1) is 8.22. The summed E-state index contributed by atoms with van der Waals surface area (Å²) >= 11 is 0.365. The van der Waals surface area contributed by atoms with Crippen LogP contribution in [0.2, 0.25) is 0 Å². The highest BCUT2D eigenvalue weighted by Gasteiger charge is 2.00. The molecule has 0 saturated heterocycles. The number of hydrogen-bond donors (Lipinski definition) is 1. The third-order valence-electron chi connectivity index (χ3n) is 0.196. The van der Waals surface area contributed by atoms with E-state index >= 15 is 0 Å². The minimum Gasteiger partial charge on any atom is -0.290 e. The van der Waals surface area contributed by atoms with Crippen LogP contribution in [-0.2, 0) is 14.0 Å². The maximum absolute atomic E-state index is 9.86. The summed E-state index contributed by atoms with van der Waals surface area (Å²) in [5, 5.41) is 0. The quantitative estimate of drug-likeness (QED) is 0.370. The van der Waals surface area contributed by atoms with Gasteiger partial charge in [0.05, 0.1) is 0 Å². The number of carbonyl (C=O) groups is 1. The van der Waals surface area contributed by atoms with E-state index < -0.39 is 9.24 Å². The highest BCUT2D eigenvalue weighted by Crippen LogP contribution is 1.95. The van der Waals surface area contributed by atoms with Crippen molar-refractivity contribution in [3.8, 4) is 0 Å². The molecule has 0 aromatic rings. The summed E-state index contributed by atoms with van der Waals surface area (Å²) < 4.78 is 21.4. The minimum absolute atomic E-state index is 0.319. The molecule has 0 bridgehead atoms. The van der Waals surface area contributed by atoms with Crippen LogP contribution in [0, 0.1) is 0 Å². The molecule has 4 nitrogen and oxygen atoms in total. The van der Waals surface area contributed by atoms with Gasteiger partial charge in [-0.3, -0.25) is 4.79 Å². The van der Waals surface area contributed by atoms with Gasteiger partial charge in [-0.05, 0) is 0 Å². The normalized spacial score (nSPS) is 11.1. The maximum Gasteiger partial charge on any atom is 0.306 e. The van der Waals surface area contributed by atoms with E-state index in [0.717, 1.165) is 0 Å². The summed E-state index contributed by atoms with van der Waals surface area (Å²) in [6.45, 7) is 0. The molecule has 0 aromatic heterocycles. The standard InChI is InChI=1S/CH2ClNO3S2/c2-8(5,6)3-7-1-4/h1,3H. The van der Waals surface area contributed by atoms with E-state index in [1.165, 1.54) is 0 Å². The third kappa shape index (κ3) is 6.22. The summed E-state index contributed by atoms with van der Waals surface area (Å²) in [5.41, 5.74) is 0.319. The van der Waals surface area contributed by atoms with Crippen molar-refractivity contribution in [3.05, 3.63) is 0 Å². The van der Waals surface area contributed by atoms with Crippen molar-refractivity contribution in [2.45, 2.75) is 0 Å². The van der Waals surface area contributed by atoms with Gasteiger partial charge in [0.2, 0.25) is 0 Å². The molecule has 0 radical (unpaired) electrons. The Bertz CT molecular complexity index is 162. The molecule has 0 atom stereocenters. The lowest BCUT2D eigenvalue weighted by atomic mass is 11.8. The van der Waals surface area contributed by atoms with Crippen LogP contribution in [0.25, 0.3) is 0 Å². The van der Waals surface area contributed by atoms with Crippen LogP contribution in [0.1, 0.15) is 0 Å². The summed E-state index contributed by atoms with van der Waals surface area (Å²) in [7, 11) is 0.861. The van der Waals surface area contributed by atoms with Gasteiger partial charge < -0.3 is 0 Å². The summed E-state index contributed by atoms with van der Waals surface area (Å²) in [6.07, 6.45) is 0. The monoisotopic (exact) mass is 175 g/mol. The largest absolute Gasteiger partial charge is 0.306 e. The highest BCUT2D eigenvalue weighted by atomic mass is 35.7. The first-order chi connectivity index (χ1) is 3.56. The van der Waals surface area contributed by atoms with Crippen molar-refractivity contribution in [3.63, 3.8) is 0 Å². The molecule has 0 aliphatic heterocycles. The van der Waals surface area contributed by atoms with Crippen LogP contribution in [0.5, 0.6) is 0 Å². The van der Waals surface area contributed by atoms with E-state index in [0.29, 0.717) is 17.6 Å². The predicted octanol–water partition coefficient (Wildman–Crippen LogP) is -0.102. The Morgan fingerprint density at radius 1 is 1.62 bits per heavy atom. The summed E-state index contributed by atoms with van der Waals surface area (Å²) in [6, 6.07) is 0. The fourth-order valence-electron chi connectivity index (χ4n) is 0.0771. The maximum atomic E-state index is 9.86. The first-order valence-electron chi connectivity index (χ1n) is 1.37. The second-order valence-electron chi connectivity index (χ2n) is 0.735. The molecule has 0 spiro atoms. The number of hydrogen-bond acceptors (Lipinski definition) is 4. The van der Waals surface area contributed by atoms with E-state index in [-0.39, 0.29) is 0 Å². The lowest BCUT2D eigenvalue weighted by Crippen LogP contribution is -2.07. The molecule has 7 heteroatoms. The average Bonchev–Trinajstić information content (AvgIpc) is 1.59. The van der Waals surface area contributed by atoms with Crippen LogP contribution >= 0.6 is 22.6 Å². The molecular weight excluding hydrogens is 174 g/mol. The fourth-order valence-corrected chi connectivity index (χ4v) is 1.02. The van der Waals surface area contributed by atoms with Crippen molar-refractivity contribution in [2.75, 3.05) is 0 Å². The zero-order valence-electron chi connectivity index (χ0n) is 3.50. The molecule has 0 heterocycles. The third-order valence-corrected chi connectivity index (χ3v) is 2.04. The van der Waals surface area contributed by atoms with Crippen LogP contribution in [0.4, 0.5) is 0 Å². The minimum atomic E-state index is -3.73. The lowest BCUT2D eigenvalue weighted by molar-refractivity contribution is 0.569. The van der Waals surface area contributed by atoms with Gasteiger partial charge >= 0.3 is 9.24 Å². The van der Waals surface area contributed by atoms with Gasteiger partial charge in [-0.25, -0.2) is 0 Å². The number of carbonyl (C=O) groups excluding carboxylic acids is 1. The van der Waals surface area contributed by atoms with Gasteiger partial charge in [0.1, 0.15) is 0 Å². The SMILES string of the molecule is O=CSNS(=O)(=O)Cl. The molecule has 8 heavy (non-hydrogen) atoms. The van der Waals surface area contributed by atoms with Gasteiger partial charge in [-0.2, -0.15) is 8.42 Å². The van der Waals surface area contributed by atoms with Gasteiger partial charge in [-0.1, -0.05) is 0 Å². The molecule has 48 valence electrons. The molecule has 0 saturated carbocycles. The Labute approximate surface area is 55.3 Å². The average molecular weight is 176 g/mol. The van der Waals surface area contributed by atoms with E-state index in [1.807, 2.05) is 0 Å². The van der Waals surface area contributed by atoms with Crippen LogP contribution in [-0.4, -0.2) is 14.0 Å². The Balaban J connectivity index is 3.57. The van der Waals surface area contributed by atoms with Crippen molar-refractivity contribution in [2.24, 2.45) is 0 Å². The zero-order chi connectivity index (χ0) is 6.62. The van der Waals surface area contributed by atoms with E-state index in [1.54, 1.807) is 4.13 Å². The van der Waals surface area contributed by atoms with Gasteiger partial charge in [0, 0.05) is 22.6 Å². The molecule has 0 rings (SSSR count). The Morgan fingerprint density at radius 3 is 2.25 bits per heavy atom. The topological polar surface area (TPSA) is 63.2 Å². The molecule has 0 aliphatic carbocycles. The van der Waals surface area contributed by atoms with Crippen molar-refractivity contribution in [1.29, 1.82) is 0 Å². The summed E-state index contributed by atoms with van der Waals surface area (Å²) in [4.78, 5) is 9.43. The Kier molecular flexibility index (Phi) is 3.38. The first-order valence-corrected chi connectivity index (χ1v) is 4.56. The Hall–Kier alpha value is 0.220. The number of rotatable bonds is 3. The van der Waals surface area contributed by atoms with Gasteiger partial charge in [0.15, 0.2) is 5.62 Å². The van der Waals surface area contributed by atoms with E-state index in [9.17, 15) is 13.2 Å². The molecule has 0 aromatic carbocycles. The molecule has 1 N–H and O–H groups in total. The predicted molar refractivity (Wildman–Crippen MR) is 32.2 cm³/mol. The van der Waals surface area contributed by atoms with Gasteiger partial charge in [0.25, 0.3) is 0 Å². The molecule has 0 unspecified atom stereocenters. The molecule has 0 amide bonds. The highest BCUT2D eigenvalue weighted by molar-refractivity contribution is 8.24. The molecule has 0 fully saturated rings. The van der Waals surface area contributed by atoms with Crippen molar-refractivity contribution < 1.29 is 13.2 Å². The van der Waals surface area contributed by atoms with Crippen LogP contribution in [0.15, 0.2) is 0 Å². The summed E-state index contributed by atoms with van der Waals surface area (Å²) in [5.74, 6) is 0. The smallest absolute Gasteiger partial charge is 0.290 e. The number of nitrogens with one attached hydrogen (secondary N) is 1. The number of halogens is 1. The zero-order valence-corrected chi connectivity index (χ0v) is 5.89. The van der Waals surface area contributed by atoms with Crippen molar-refractivity contribution >= 4 is 37.5 Å². The van der Waals surface area contributed by atoms with Crippen LogP contribution in [0.3, 0.4) is 0 Å². The second kappa shape index (κ2) is 3.29. The molecular formula is CH2ClNO3S2. The van der Waals surface area contributed by atoms with E-state index in [4.69, 9.17) is 0 Å². The van der Waals surface area contributed by atoms with Crippen molar-refractivity contribution in [1.82, 2.24) is 4.13 Å². The van der Waals surface area contributed by atoms with E-state index in [2.05, 4.69) is 10.7 Å².